The molecule has 3 heteroatoms. The Bertz CT molecular complexity index is 341. The van der Waals surface area contributed by atoms with Crippen molar-refractivity contribution in [1.29, 1.82) is 0 Å². The Kier molecular flexibility index (Phi) is 6.16. The number of ether oxygens (including phenoxy) is 1. The number of nitrogens with one attached hydrogen (secondary N) is 1. The first-order chi connectivity index (χ1) is 8.13. The van der Waals surface area contributed by atoms with Crippen LogP contribution in [-0.2, 0) is 11.2 Å². The van der Waals surface area contributed by atoms with Crippen LogP contribution in [0.15, 0.2) is 18.2 Å². The monoisotopic (exact) mass is 239 g/mol. The number of benzene rings is 1. The van der Waals surface area contributed by atoms with Crippen molar-refractivity contribution in [1.82, 2.24) is 5.32 Å². The minimum Gasteiger partial charge on any atom is -0.383 e. The summed E-state index contributed by atoms with van der Waals surface area (Å²) >= 11 is 0. The van der Waals surface area contributed by atoms with Crippen molar-refractivity contribution in [3.63, 3.8) is 0 Å². The Labute approximate surface area is 103 Å². The molecule has 0 heterocycles. The van der Waals surface area contributed by atoms with Gasteiger partial charge in [-0.1, -0.05) is 24.6 Å². The highest BCUT2D eigenvalue weighted by atomic mass is 19.1. The predicted octanol–water partition coefficient (Wildman–Crippen LogP) is 2.55. The van der Waals surface area contributed by atoms with Crippen LogP contribution >= 0.6 is 0 Å². The SMILES string of the molecule is COCCNCC(C)Cc1cc(C)ccc1F. The quantitative estimate of drug-likeness (QED) is 0.738. The lowest BCUT2D eigenvalue weighted by Gasteiger charge is -2.13. The van der Waals surface area contributed by atoms with E-state index in [2.05, 4.69) is 12.2 Å². The molecule has 0 saturated carbocycles. The molecule has 1 unspecified atom stereocenters. The minimum atomic E-state index is -0.0978. The molecule has 0 aliphatic carbocycles. The van der Waals surface area contributed by atoms with Crippen molar-refractivity contribution in [2.75, 3.05) is 26.8 Å². The molecule has 0 saturated heterocycles. The van der Waals surface area contributed by atoms with E-state index in [4.69, 9.17) is 4.74 Å². The highest BCUT2D eigenvalue weighted by Gasteiger charge is 2.07. The van der Waals surface area contributed by atoms with Gasteiger partial charge in [0.15, 0.2) is 0 Å². The molecule has 0 amide bonds. The van der Waals surface area contributed by atoms with Crippen LogP contribution in [0.1, 0.15) is 18.1 Å². The van der Waals surface area contributed by atoms with E-state index in [1.807, 2.05) is 13.0 Å². The molecule has 1 N–H and O–H groups in total. The zero-order valence-corrected chi connectivity index (χ0v) is 10.9. The largest absolute Gasteiger partial charge is 0.383 e. The normalized spacial score (nSPS) is 12.7. The molecule has 0 aliphatic heterocycles. The van der Waals surface area contributed by atoms with Crippen molar-refractivity contribution >= 4 is 0 Å². The molecule has 96 valence electrons. The minimum absolute atomic E-state index is 0.0978. The molecule has 0 fully saturated rings. The Morgan fingerprint density at radius 3 is 2.88 bits per heavy atom. The van der Waals surface area contributed by atoms with Gasteiger partial charge in [0.2, 0.25) is 0 Å². The first-order valence-corrected chi connectivity index (χ1v) is 6.08. The van der Waals surface area contributed by atoms with Gasteiger partial charge >= 0.3 is 0 Å². The average Bonchev–Trinajstić information content (AvgIpc) is 2.29. The fraction of sp³-hybridized carbons (Fsp3) is 0.571. The zero-order valence-electron chi connectivity index (χ0n) is 10.9. The first kappa shape index (κ1) is 14.1. The summed E-state index contributed by atoms with van der Waals surface area (Å²) in [5.74, 6) is 0.322. The fourth-order valence-corrected chi connectivity index (χ4v) is 1.83. The van der Waals surface area contributed by atoms with Crippen molar-refractivity contribution in [2.45, 2.75) is 20.3 Å². The van der Waals surface area contributed by atoms with Gasteiger partial charge in [-0.05, 0) is 37.4 Å². The van der Waals surface area contributed by atoms with Gasteiger partial charge in [0, 0.05) is 13.7 Å². The predicted molar refractivity (Wildman–Crippen MR) is 68.8 cm³/mol. The lowest BCUT2D eigenvalue weighted by molar-refractivity contribution is 0.198. The average molecular weight is 239 g/mol. The molecular weight excluding hydrogens is 217 g/mol. The number of rotatable bonds is 7. The lowest BCUT2D eigenvalue weighted by Crippen LogP contribution is -2.26. The second-order valence-electron chi connectivity index (χ2n) is 4.60. The van der Waals surface area contributed by atoms with Crippen molar-refractivity contribution in [3.05, 3.63) is 35.1 Å². The highest BCUT2D eigenvalue weighted by Crippen LogP contribution is 2.14. The lowest BCUT2D eigenvalue weighted by atomic mass is 9.99. The van der Waals surface area contributed by atoms with Gasteiger partial charge in [-0.15, -0.1) is 0 Å². The van der Waals surface area contributed by atoms with Crippen LogP contribution < -0.4 is 5.32 Å². The summed E-state index contributed by atoms with van der Waals surface area (Å²) in [6, 6.07) is 5.29. The summed E-state index contributed by atoms with van der Waals surface area (Å²) in [5.41, 5.74) is 1.92. The number of methoxy groups -OCH3 is 1. The van der Waals surface area contributed by atoms with E-state index in [1.54, 1.807) is 19.2 Å². The first-order valence-electron chi connectivity index (χ1n) is 6.08. The Morgan fingerprint density at radius 2 is 2.18 bits per heavy atom. The summed E-state index contributed by atoms with van der Waals surface area (Å²) in [7, 11) is 1.69. The number of hydrogen-bond donors (Lipinski definition) is 1. The van der Waals surface area contributed by atoms with Gasteiger partial charge in [-0.25, -0.2) is 4.39 Å². The molecule has 0 aromatic heterocycles. The summed E-state index contributed by atoms with van der Waals surface area (Å²) in [5, 5.41) is 3.29. The van der Waals surface area contributed by atoms with Gasteiger partial charge < -0.3 is 10.1 Å². The number of halogens is 1. The second-order valence-corrected chi connectivity index (χ2v) is 4.60. The maximum absolute atomic E-state index is 13.5. The molecule has 0 radical (unpaired) electrons. The van der Waals surface area contributed by atoms with Crippen LogP contribution in [0, 0.1) is 18.7 Å². The van der Waals surface area contributed by atoms with E-state index in [9.17, 15) is 4.39 Å². The van der Waals surface area contributed by atoms with Crippen molar-refractivity contribution in [2.24, 2.45) is 5.92 Å². The fourth-order valence-electron chi connectivity index (χ4n) is 1.83. The summed E-state index contributed by atoms with van der Waals surface area (Å²) < 4.78 is 18.5. The van der Waals surface area contributed by atoms with Gasteiger partial charge in [0.05, 0.1) is 6.61 Å². The van der Waals surface area contributed by atoms with E-state index in [0.717, 1.165) is 30.6 Å². The molecule has 1 atom stereocenters. The van der Waals surface area contributed by atoms with Crippen LogP contribution in [0.25, 0.3) is 0 Å². The summed E-state index contributed by atoms with van der Waals surface area (Å²) in [6.07, 6.45) is 0.771. The second kappa shape index (κ2) is 7.41. The third-order valence-electron chi connectivity index (χ3n) is 2.75. The maximum Gasteiger partial charge on any atom is 0.126 e. The van der Waals surface area contributed by atoms with Crippen LogP contribution in [0.2, 0.25) is 0 Å². The third kappa shape index (κ3) is 5.29. The molecule has 1 aromatic carbocycles. The summed E-state index contributed by atoms with van der Waals surface area (Å²) in [6.45, 7) is 6.56. The van der Waals surface area contributed by atoms with E-state index < -0.39 is 0 Å². The van der Waals surface area contributed by atoms with Gasteiger partial charge in [-0.3, -0.25) is 0 Å². The van der Waals surface area contributed by atoms with Gasteiger partial charge in [-0.2, -0.15) is 0 Å². The zero-order chi connectivity index (χ0) is 12.7. The van der Waals surface area contributed by atoms with Crippen LogP contribution in [0.5, 0.6) is 0 Å². The topological polar surface area (TPSA) is 21.3 Å². The van der Waals surface area contributed by atoms with Crippen LogP contribution in [-0.4, -0.2) is 26.8 Å². The molecule has 17 heavy (non-hydrogen) atoms. The molecule has 0 bridgehead atoms. The molecular formula is C14H22FNO. The van der Waals surface area contributed by atoms with E-state index >= 15 is 0 Å². The molecule has 0 aliphatic rings. The maximum atomic E-state index is 13.5. The van der Waals surface area contributed by atoms with Crippen molar-refractivity contribution in [3.8, 4) is 0 Å². The molecule has 0 spiro atoms. The molecule has 1 rings (SSSR count). The Balaban J connectivity index is 2.39. The third-order valence-corrected chi connectivity index (χ3v) is 2.75. The molecule has 2 nitrogen and oxygen atoms in total. The van der Waals surface area contributed by atoms with E-state index in [-0.39, 0.29) is 5.82 Å². The van der Waals surface area contributed by atoms with E-state index in [1.165, 1.54) is 0 Å². The Hall–Kier alpha value is -0.930. The number of aryl methyl sites for hydroxylation is 1. The summed E-state index contributed by atoms with van der Waals surface area (Å²) in [4.78, 5) is 0. The smallest absolute Gasteiger partial charge is 0.126 e. The molecule has 1 aromatic rings. The highest BCUT2D eigenvalue weighted by molar-refractivity contribution is 5.24. The standard InChI is InChI=1S/C14H22FNO/c1-11-4-5-14(15)13(8-11)9-12(2)10-16-6-7-17-3/h4-5,8,12,16H,6-7,9-10H2,1-3H3. The van der Waals surface area contributed by atoms with Gasteiger partial charge in [0.1, 0.15) is 5.82 Å². The number of hydrogen-bond acceptors (Lipinski definition) is 2. The Morgan fingerprint density at radius 1 is 1.41 bits per heavy atom. The van der Waals surface area contributed by atoms with Crippen LogP contribution in [0.3, 0.4) is 0 Å². The van der Waals surface area contributed by atoms with E-state index in [0.29, 0.717) is 12.5 Å². The van der Waals surface area contributed by atoms with Gasteiger partial charge in [0.25, 0.3) is 0 Å². The van der Waals surface area contributed by atoms with Crippen LogP contribution in [0.4, 0.5) is 4.39 Å². The van der Waals surface area contributed by atoms with Crippen molar-refractivity contribution < 1.29 is 9.13 Å².